The van der Waals surface area contributed by atoms with E-state index in [1.807, 2.05) is 0 Å². The van der Waals surface area contributed by atoms with Crippen LogP contribution in [0.1, 0.15) is 18.1 Å². The zero-order chi connectivity index (χ0) is 15.6. The molecule has 1 heterocycles. The molecule has 4 nitrogen and oxygen atoms in total. The zero-order valence-electron chi connectivity index (χ0n) is 11.2. The molecule has 0 aromatic heterocycles. The predicted molar refractivity (Wildman–Crippen MR) is 70.9 cm³/mol. The fourth-order valence-electron chi connectivity index (χ4n) is 2.06. The Morgan fingerprint density at radius 3 is 2.62 bits per heavy atom. The van der Waals surface area contributed by atoms with Crippen molar-refractivity contribution < 1.29 is 23.1 Å². The van der Waals surface area contributed by atoms with E-state index in [0.29, 0.717) is 0 Å². The highest BCUT2D eigenvalue weighted by molar-refractivity contribution is 6.22. The van der Waals surface area contributed by atoms with Gasteiger partial charge in [0.1, 0.15) is 5.76 Å². The monoisotopic (exact) mass is 298 g/mol. The number of carbonyl (C=O) groups is 1. The van der Waals surface area contributed by atoms with Crippen molar-refractivity contribution in [1.82, 2.24) is 5.32 Å². The molecule has 1 aromatic rings. The number of halogens is 3. The number of carbonyl (C=O) groups excluding carboxylic acids is 1. The maximum absolute atomic E-state index is 12.8. The highest BCUT2D eigenvalue weighted by atomic mass is 19.4. The number of aliphatic hydroxyl groups is 1. The summed E-state index contributed by atoms with van der Waals surface area (Å²) in [5, 5.41) is 12.0. The van der Waals surface area contributed by atoms with Gasteiger partial charge in [-0.3, -0.25) is 9.79 Å². The molecule has 0 saturated carbocycles. The number of nitrogens with one attached hydrogen (secondary N) is 1. The Labute approximate surface area is 119 Å². The van der Waals surface area contributed by atoms with Crippen molar-refractivity contribution in [2.24, 2.45) is 4.99 Å². The molecular weight excluding hydrogens is 285 g/mol. The Morgan fingerprint density at radius 1 is 1.38 bits per heavy atom. The van der Waals surface area contributed by atoms with Crippen LogP contribution in [0.4, 0.5) is 13.2 Å². The number of nitrogens with zero attached hydrogens (tertiary/aromatic N) is 1. The number of alkyl halides is 3. The van der Waals surface area contributed by atoms with E-state index < -0.39 is 17.6 Å². The van der Waals surface area contributed by atoms with Gasteiger partial charge in [-0.05, 0) is 18.6 Å². The van der Waals surface area contributed by atoms with Gasteiger partial charge in [-0.25, -0.2) is 0 Å². The van der Waals surface area contributed by atoms with Crippen molar-refractivity contribution in [2.75, 3.05) is 6.54 Å². The van der Waals surface area contributed by atoms with Crippen LogP contribution in [0.25, 0.3) is 0 Å². The Balaban J connectivity index is 2.26. The van der Waals surface area contributed by atoms with E-state index in [-0.39, 0.29) is 35.7 Å². The lowest BCUT2D eigenvalue weighted by Gasteiger charge is -2.11. The Morgan fingerprint density at radius 2 is 2.05 bits per heavy atom. The van der Waals surface area contributed by atoms with Crippen LogP contribution in [-0.4, -0.2) is 23.3 Å². The van der Waals surface area contributed by atoms with Gasteiger partial charge in [0.15, 0.2) is 0 Å². The third-order valence-corrected chi connectivity index (χ3v) is 3.10. The number of amides is 1. The number of benzene rings is 1. The third kappa shape index (κ3) is 3.24. The van der Waals surface area contributed by atoms with E-state index in [0.717, 1.165) is 6.07 Å². The molecule has 0 saturated heterocycles. The quantitative estimate of drug-likeness (QED) is 0.843. The van der Waals surface area contributed by atoms with Crippen LogP contribution in [0.15, 0.2) is 40.6 Å². The van der Waals surface area contributed by atoms with Gasteiger partial charge in [-0.2, -0.15) is 13.2 Å². The van der Waals surface area contributed by atoms with Crippen molar-refractivity contribution in [2.45, 2.75) is 19.6 Å². The van der Waals surface area contributed by atoms with E-state index in [1.54, 1.807) is 0 Å². The number of hydrogen-bond donors (Lipinski definition) is 2. The lowest BCUT2D eigenvalue weighted by molar-refractivity contribution is -0.138. The first-order valence-electron chi connectivity index (χ1n) is 6.17. The number of hydrogen-bond acceptors (Lipinski definition) is 3. The lowest BCUT2D eigenvalue weighted by Crippen LogP contribution is -2.20. The minimum atomic E-state index is -4.45. The van der Waals surface area contributed by atoms with Crippen molar-refractivity contribution >= 4 is 11.6 Å². The highest BCUT2D eigenvalue weighted by Crippen LogP contribution is 2.32. The predicted octanol–water partition coefficient (Wildman–Crippen LogP) is 2.61. The molecular formula is C14H13F3N2O2. The van der Waals surface area contributed by atoms with Gasteiger partial charge in [-0.1, -0.05) is 18.2 Å². The Kier molecular flexibility index (Phi) is 4.02. The molecule has 21 heavy (non-hydrogen) atoms. The van der Waals surface area contributed by atoms with Crippen LogP contribution >= 0.6 is 0 Å². The number of rotatable bonds is 3. The smallest absolute Gasteiger partial charge is 0.416 e. The summed E-state index contributed by atoms with van der Waals surface area (Å²) < 4.78 is 38.5. The molecule has 7 heteroatoms. The first-order valence-corrected chi connectivity index (χ1v) is 6.17. The van der Waals surface area contributed by atoms with Gasteiger partial charge in [0.05, 0.1) is 24.2 Å². The van der Waals surface area contributed by atoms with Crippen LogP contribution in [-0.2, 0) is 17.5 Å². The van der Waals surface area contributed by atoms with E-state index in [2.05, 4.69) is 10.3 Å². The largest absolute Gasteiger partial charge is 0.510 e. The summed E-state index contributed by atoms with van der Waals surface area (Å²) >= 11 is 0. The van der Waals surface area contributed by atoms with E-state index in [4.69, 9.17) is 0 Å². The van der Waals surface area contributed by atoms with E-state index in [9.17, 15) is 23.1 Å². The number of aliphatic hydroxyl groups excluding tert-OH is 1. The Bertz CT molecular complexity index is 633. The fourth-order valence-corrected chi connectivity index (χ4v) is 2.06. The molecule has 0 atom stereocenters. The molecule has 0 fully saturated rings. The summed E-state index contributed by atoms with van der Waals surface area (Å²) in [6.07, 6.45) is -4.45. The van der Waals surface area contributed by atoms with Gasteiger partial charge in [0.2, 0.25) is 0 Å². The van der Waals surface area contributed by atoms with Gasteiger partial charge in [-0.15, -0.1) is 0 Å². The summed E-state index contributed by atoms with van der Waals surface area (Å²) in [7, 11) is 0. The summed E-state index contributed by atoms with van der Waals surface area (Å²) in [6.45, 7) is 1.28. The number of aliphatic imine (C=N–C) groups is 1. The summed E-state index contributed by atoms with van der Waals surface area (Å²) in [5.41, 5.74) is -0.502. The van der Waals surface area contributed by atoms with Gasteiger partial charge in [0.25, 0.3) is 5.91 Å². The van der Waals surface area contributed by atoms with Crippen LogP contribution < -0.4 is 5.32 Å². The Hall–Kier alpha value is -2.31. The van der Waals surface area contributed by atoms with Crippen molar-refractivity contribution in [3.63, 3.8) is 0 Å². The van der Waals surface area contributed by atoms with Crippen LogP contribution in [0, 0.1) is 0 Å². The third-order valence-electron chi connectivity index (χ3n) is 3.10. The molecule has 2 rings (SSSR count). The first kappa shape index (κ1) is 15.1. The average Bonchev–Trinajstić information content (AvgIpc) is 2.75. The molecule has 0 spiro atoms. The molecule has 0 radical (unpaired) electrons. The maximum Gasteiger partial charge on any atom is 0.416 e. The highest BCUT2D eigenvalue weighted by Gasteiger charge is 2.32. The van der Waals surface area contributed by atoms with E-state index in [1.165, 1.54) is 25.1 Å². The minimum Gasteiger partial charge on any atom is -0.510 e. The van der Waals surface area contributed by atoms with Gasteiger partial charge < -0.3 is 10.4 Å². The lowest BCUT2D eigenvalue weighted by atomic mass is 10.1. The van der Waals surface area contributed by atoms with Crippen LogP contribution in [0.2, 0.25) is 0 Å². The summed E-state index contributed by atoms with van der Waals surface area (Å²) in [6, 6.07) is 5.12. The molecule has 1 aliphatic heterocycles. The molecule has 0 unspecified atom stereocenters. The molecule has 1 aliphatic rings. The average molecular weight is 298 g/mol. The topological polar surface area (TPSA) is 61.7 Å². The molecule has 0 bridgehead atoms. The second kappa shape index (κ2) is 5.59. The molecule has 1 amide bonds. The standard InChI is InChI=1S/C14H13F3N2O2/c1-8(12-11(20)7-19-13(12)21)18-6-9-4-2-3-5-10(9)14(15,16)17/h2-5,20H,6-7H2,1H3,(H,19,21). The maximum atomic E-state index is 12.8. The molecule has 1 aromatic carbocycles. The van der Waals surface area contributed by atoms with Gasteiger partial charge in [0, 0.05) is 5.71 Å². The summed E-state index contributed by atoms with van der Waals surface area (Å²) in [4.78, 5) is 15.5. The molecule has 2 N–H and O–H groups in total. The second-order valence-electron chi connectivity index (χ2n) is 4.56. The van der Waals surface area contributed by atoms with Crippen LogP contribution in [0.3, 0.4) is 0 Å². The SMILES string of the molecule is CC(=NCc1ccccc1C(F)(F)F)C1=C(O)CNC1=O. The van der Waals surface area contributed by atoms with Crippen molar-refractivity contribution in [1.29, 1.82) is 0 Å². The second-order valence-corrected chi connectivity index (χ2v) is 4.56. The minimum absolute atomic E-state index is 0.0141. The fraction of sp³-hybridized carbons (Fsp3) is 0.286. The van der Waals surface area contributed by atoms with Gasteiger partial charge >= 0.3 is 6.18 Å². The van der Waals surface area contributed by atoms with Crippen molar-refractivity contribution in [3.8, 4) is 0 Å². The normalized spacial score (nSPS) is 16.4. The van der Waals surface area contributed by atoms with Crippen molar-refractivity contribution in [3.05, 3.63) is 46.7 Å². The molecule has 112 valence electrons. The summed E-state index contributed by atoms with van der Waals surface area (Å²) in [5.74, 6) is -0.622. The van der Waals surface area contributed by atoms with Crippen LogP contribution in [0.5, 0.6) is 0 Å². The van der Waals surface area contributed by atoms with E-state index >= 15 is 0 Å². The molecule has 0 aliphatic carbocycles. The first-order chi connectivity index (χ1) is 9.80. The zero-order valence-corrected chi connectivity index (χ0v) is 11.2.